The fourth-order valence-corrected chi connectivity index (χ4v) is 5.05. The first-order chi connectivity index (χ1) is 18.3. The van der Waals surface area contributed by atoms with Crippen LogP contribution in [0.1, 0.15) is 42.6 Å². The lowest BCUT2D eigenvalue weighted by Gasteiger charge is -2.17. The van der Waals surface area contributed by atoms with E-state index in [0.29, 0.717) is 46.6 Å². The van der Waals surface area contributed by atoms with Gasteiger partial charge in [0.2, 0.25) is 5.91 Å². The largest absolute Gasteiger partial charge is 0.497 e. The first-order valence-electron chi connectivity index (χ1n) is 12.5. The standard InChI is InChI=1S/C28H33N3O5S2/c1-4-30(5-2)17-18-36-27(34)21-10-12-22(13-11-21)29-25(32)7-6-16-31-26(33)24(38-28(31)37)19-20-8-14-23(35-3)15-9-20/h8-15,19H,4-7,16-18H2,1-3H3,(H,29,32)/b24-19-. The van der Waals surface area contributed by atoms with Gasteiger partial charge < -0.3 is 19.7 Å². The molecule has 10 heteroatoms. The molecule has 1 fully saturated rings. The number of hydrogen-bond acceptors (Lipinski definition) is 8. The highest BCUT2D eigenvalue weighted by atomic mass is 32.2. The third kappa shape index (κ3) is 8.41. The number of thiocarbonyl (C=S) groups is 1. The van der Waals surface area contributed by atoms with Gasteiger partial charge in [0.15, 0.2) is 0 Å². The Morgan fingerprint density at radius 3 is 2.39 bits per heavy atom. The van der Waals surface area contributed by atoms with Crippen LogP contribution in [0.2, 0.25) is 0 Å². The number of hydrogen-bond donors (Lipinski definition) is 1. The summed E-state index contributed by atoms with van der Waals surface area (Å²) in [7, 11) is 1.60. The molecular formula is C28H33N3O5S2. The molecule has 1 N–H and O–H groups in total. The normalized spacial score (nSPS) is 14.3. The molecule has 0 spiro atoms. The van der Waals surface area contributed by atoms with Gasteiger partial charge in [0.25, 0.3) is 5.91 Å². The zero-order chi connectivity index (χ0) is 27.5. The van der Waals surface area contributed by atoms with E-state index in [9.17, 15) is 14.4 Å². The summed E-state index contributed by atoms with van der Waals surface area (Å²) in [6, 6.07) is 14.0. The number of carbonyl (C=O) groups excluding carboxylic acids is 3. The quantitative estimate of drug-likeness (QED) is 0.214. The molecule has 1 aliphatic rings. The SMILES string of the molecule is CCN(CC)CCOC(=O)c1ccc(NC(=O)CCCN2C(=O)/C(=C/c3ccc(OC)cc3)SC2=S)cc1. The second kappa shape index (κ2) is 14.7. The molecule has 3 rings (SSSR count). The number of anilines is 1. The molecule has 2 aromatic rings. The van der Waals surface area contributed by atoms with Crippen LogP contribution < -0.4 is 10.1 Å². The Bertz CT molecular complexity index is 1160. The van der Waals surface area contributed by atoms with Crippen molar-refractivity contribution >= 4 is 57.8 Å². The number of rotatable bonds is 13. The molecule has 0 radical (unpaired) electrons. The van der Waals surface area contributed by atoms with Crippen LogP contribution in [0.15, 0.2) is 53.4 Å². The van der Waals surface area contributed by atoms with E-state index in [1.807, 2.05) is 24.3 Å². The minimum Gasteiger partial charge on any atom is -0.497 e. The molecule has 0 bridgehead atoms. The molecule has 0 aliphatic carbocycles. The van der Waals surface area contributed by atoms with Gasteiger partial charge in [-0.2, -0.15) is 0 Å². The number of carbonyl (C=O) groups is 3. The Hall–Kier alpha value is -3.21. The van der Waals surface area contributed by atoms with Gasteiger partial charge in [0.1, 0.15) is 16.7 Å². The summed E-state index contributed by atoms with van der Waals surface area (Å²) in [6.45, 7) is 7.33. The van der Waals surface area contributed by atoms with E-state index in [4.69, 9.17) is 21.7 Å². The number of amides is 2. The van der Waals surface area contributed by atoms with Crippen LogP contribution in [-0.2, 0) is 14.3 Å². The van der Waals surface area contributed by atoms with Gasteiger partial charge in [0, 0.05) is 25.2 Å². The highest BCUT2D eigenvalue weighted by Gasteiger charge is 2.31. The van der Waals surface area contributed by atoms with Crippen molar-refractivity contribution in [1.29, 1.82) is 0 Å². The fourth-order valence-electron chi connectivity index (χ4n) is 3.75. The molecule has 202 valence electrons. The third-order valence-corrected chi connectivity index (χ3v) is 7.39. The minimum atomic E-state index is -0.389. The highest BCUT2D eigenvalue weighted by molar-refractivity contribution is 8.26. The monoisotopic (exact) mass is 555 g/mol. The second-order valence-electron chi connectivity index (χ2n) is 8.50. The van der Waals surface area contributed by atoms with E-state index in [0.717, 1.165) is 24.4 Å². The van der Waals surface area contributed by atoms with Crippen molar-refractivity contribution in [1.82, 2.24) is 9.80 Å². The van der Waals surface area contributed by atoms with Gasteiger partial charge in [-0.1, -0.05) is 50.0 Å². The van der Waals surface area contributed by atoms with Gasteiger partial charge in [-0.25, -0.2) is 4.79 Å². The lowest BCUT2D eigenvalue weighted by atomic mass is 10.2. The van der Waals surface area contributed by atoms with Crippen molar-refractivity contribution in [2.24, 2.45) is 0 Å². The number of nitrogens with zero attached hydrogens (tertiary/aromatic N) is 2. The predicted octanol–water partition coefficient (Wildman–Crippen LogP) is 4.81. The number of thioether (sulfide) groups is 1. The van der Waals surface area contributed by atoms with Gasteiger partial charge in [-0.3, -0.25) is 14.5 Å². The molecule has 2 aromatic carbocycles. The number of ether oxygens (including phenoxy) is 2. The van der Waals surface area contributed by atoms with Crippen molar-refractivity contribution in [3.05, 3.63) is 64.6 Å². The first-order valence-corrected chi connectivity index (χ1v) is 13.8. The summed E-state index contributed by atoms with van der Waals surface area (Å²) in [5.41, 5.74) is 1.90. The number of benzene rings is 2. The Labute approximate surface area is 233 Å². The lowest BCUT2D eigenvalue weighted by molar-refractivity contribution is -0.122. The molecule has 1 heterocycles. The fraction of sp³-hybridized carbons (Fsp3) is 0.357. The van der Waals surface area contributed by atoms with Crippen molar-refractivity contribution < 1.29 is 23.9 Å². The van der Waals surface area contributed by atoms with Crippen LogP contribution in [0, 0.1) is 0 Å². The van der Waals surface area contributed by atoms with E-state index in [1.165, 1.54) is 16.7 Å². The molecule has 8 nitrogen and oxygen atoms in total. The lowest BCUT2D eigenvalue weighted by Crippen LogP contribution is -2.29. The van der Waals surface area contributed by atoms with E-state index in [2.05, 4.69) is 24.1 Å². The van der Waals surface area contributed by atoms with Gasteiger partial charge in [-0.05, 0) is 67.5 Å². The molecular weight excluding hydrogens is 522 g/mol. The zero-order valence-electron chi connectivity index (χ0n) is 21.9. The van der Waals surface area contributed by atoms with Crippen molar-refractivity contribution in [3.8, 4) is 5.75 Å². The Morgan fingerprint density at radius 1 is 1.08 bits per heavy atom. The Balaban J connectivity index is 1.43. The van der Waals surface area contributed by atoms with Crippen LogP contribution in [0.25, 0.3) is 6.08 Å². The topological polar surface area (TPSA) is 88.2 Å². The summed E-state index contributed by atoms with van der Waals surface area (Å²) in [6.07, 6.45) is 2.49. The molecule has 1 saturated heterocycles. The summed E-state index contributed by atoms with van der Waals surface area (Å²) < 4.78 is 11.0. The summed E-state index contributed by atoms with van der Waals surface area (Å²) >= 11 is 6.64. The molecule has 0 aromatic heterocycles. The Morgan fingerprint density at radius 2 is 1.76 bits per heavy atom. The van der Waals surface area contributed by atoms with Crippen LogP contribution in [-0.4, -0.2) is 71.8 Å². The van der Waals surface area contributed by atoms with Crippen molar-refractivity contribution in [3.63, 3.8) is 0 Å². The van der Waals surface area contributed by atoms with E-state index < -0.39 is 0 Å². The van der Waals surface area contributed by atoms with Crippen LogP contribution >= 0.6 is 24.0 Å². The number of esters is 1. The average molecular weight is 556 g/mol. The van der Waals surface area contributed by atoms with Gasteiger partial charge in [-0.15, -0.1) is 0 Å². The third-order valence-electron chi connectivity index (χ3n) is 6.01. The summed E-state index contributed by atoms with van der Waals surface area (Å²) in [5.74, 6) is 0.0157. The minimum absolute atomic E-state index is 0.157. The summed E-state index contributed by atoms with van der Waals surface area (Å²) in [4.78, 5) is 41.7. The van der Waals surface area contributed by atoms with E-state index in [-0.39, 0.29) is 24.2 Å². The van der Waals surface area contributed by atoms with Crippen LogP contribution in [0.4, 0.5) is 5.69 Å². The van der Waals surface area contributed by atoms with Crippen molar-refractivity contribution in [2.75, 3.05) is 45.2 Å². The first kappa shape index (κ1) is 29.3. The second-order valence-corrected chi connectivity index (χ2v) is 10.2. The Kier molecular flexibility index (Phi) is 11.3. The molecule has 0 saturated carbocycles. The number of methoxy groups -OCH3 is 1. The number of nitrogens with one attached hydrogen (secondary N) is 1. The maximum absolute atomic E-state index is 12.8. The number of likely N-dealkylation sites (N-methyl/N-ethyl adjacent to an activating group) is 1. The van der Waals surface area contributed by atoms with Crippen LogP contribution in [0.5, 0.6) is 5.75 Å². The van der Waals surface area contributed by atoms with E-state index in [1.54, 1.807) is 37.5 Å². The molecule has 0 atom stereocenters. The predicted molar refractivity (Wildman–Crippen MR) is 155 cm³/mol. The average Bonchev–Trinajstić information content (AvgIpc) is 3.19. The smallest absolute Gasteiger partial charge is 0.338 e. The molecule has 38 heavy (non-hydrogen) atoms. The van der Waals surface area contributed by atoms with E-state index >= 15 is 0 Å². The highest BCUT2D eigenvalue weighted by Crippen LogP contribution is 2.33. The molecule has 0 unspecified atom stereocenters. The van der Waals surface area contributed by atoms with Gasteiger partial charge >= 0.3 is 5.97 Å². The zero-order valence-corrected chi connectivity index (χ0v) is 23.5. The maximum atomic E-state index is 12.8. The molecule has 1 aliphatic heterocycles. The summed E-state index contributed by atoms with van der Waals surface area (Å²) in [5, 5.41) is 2.82. The molecule has 2 amide bonds. The van der Waals surface area contributed by atoms with Gasteiger partial charge in [0.05, 0.1) is 17.6 Å². The van der Waals surface area contributed by atoms with Crippen LogP contribution in [0.3, 0.4) is 0 Å². The maximum Gasteiger partial charge on any atom is 0.338 e. The van der Waals surface area contributed by atoms with Crippen molar-refractivity contribution in [2.45, 2.75) is 26.7 Å².